The van der Waals surface area contributed by atoms with Crippen LogP contribution in [0.4, 0.5) is 5.69 Å². The number of rotatable bonds is 5. The van der Waals surface area contributed by atoms with Crippen molar-refractivity contribution in [3.05, 3.63) is 69.3 Å². The summed E-state index contributed by atoms with van der Waals surface area (Å²) in [7, 11) is -2.21. The molecule has 0 aliphatic heterocycles. The van der Waals surface area contributed by atoms with Crippen LogP contribution in [0.2, 0.25) is 0 Å². The lowest BCUT2D eigenvalue weighted by Gasteiger charge is -2.25. The third-order valence-corrected chi connectivity index (χ3v) is 5.17. The Morgan fingerprint density at radius 3 is 2.27 bits per heavy atom. The van der Waals surface area contributed by atoms with Gasteiger partial charge in [0.05, 0.1) is 15.9 Å². The van der Waals surface area contributed by atoms with Crippen LogP contribution < -0.4 is 5.14 Å². The molecule has 8 nitrogen and oxygen atoms in total. The molecule has 0 saturated heterocycles. The van der Waals surface area contributed by atoms with Crippen LogP contribution >= 0.6 is 0 Å². The first-order chi connectivity index (χ1) is 12.0. The lowest BCUT2D eigenvalue weighted by molar-refractivity contribution is -0.385. The van der Waals surface area contributed by atoms with Gasteiger partial charge in [0, 0.05) is 24.2 Å². The number of nitrogens with two attached hydrogens (primary N) is 1. The van der Waals surface area contributed by atoms with Crippen LogP contribution in [-0.4, -0.2) is 31.2 Å². The van der Waals surface area contributed by atoms with E-state index in [4.69, 9.17) is 5.14 Å². The van der Waals surface area contributed by atoms with Crippen molar-refractivity contribution in [1.82, 2.24) is 4.90 Å². The molecule has 2 aromatic carbocycles. The van der Waals surface area contributed by atoms with Crippen molar-refractivity contribution in [2.24, 2.45) is 5.14 Å². The molecule has 138 valence electrons. The Morgan fingerprint density at radius 1 is 1.19 bits per heavy atom. The second-order valence-corrected chi connectivity index (χ2v) is 7.53. The Labute approximate surface area is 151 Å². The molecule has 1 amide bonds. The van der Waals surface area contributed by atoms with Gasteiger partial charge in [-0.2, -0.15) is 0 Å². The van der Waals surface area contributed by atoms with E-state index in [1.54, 1.807) is 33.0 Å². The molecule has 2 aromatic rings. The normalized spacial score (nSPS) is 12.5. The first kappa shape index (κ1) is 19.5. The molecule has 9 heteroatoms. The molecule has 26 heavy (non-hydrogen) atoms. The molecule has 0 aliphatic carbocycles. The summed E-state index contributed by atoms with van der Waals surface area (Å²) in [4.78, 5) is 24.6. The van der Waals surface area contributed by atoms with Crippen LogP contribution in [0, 0.1) is 17.0 Å². The highest BCUT2D eigenvalue weighted by atomic mass is 32.2. The highest BCUT2D eigenvalue weighted by Crippen LogP contribution is 2.24. The minimum atomic E-state index is -3.79. The number of aryl methyl sites for hydroxylation is 1. The fourth-order valence-electron chi connectivity index (χ4n) is 2.48. The third-order valence-electron chi connectivity index (χ3n) is 4.25. The van der Waals surface area contributed by atoms with Crippen molar-refractivity contribution < 1.29 is 18.1 Å². The van der Waals surface area contributed by atoms with Crippen molar-refractivity contribution in [2.45, 2.75) is 24.8 Å². The lowest BCUT2D eigenvalue weighted by Crippen LogP contribution is -2.29. The van der Waals surface area contributed by atoms with Gasteiger partial charge in [-0.3, -0.25) is 14.9 Å². The van der Waals surface area contributed by atoms with E-state index in [9.17, 15) is 23.3 Å². The SMILES string of the molecule is Cc1ccc(C(=O)N(C)C(C)c2ccc(S(N)(=O)=O)cc2)cc1[N+](=O)[O-]. The first-order valence-corrected chi connectivity index (χ1v) is 9.22. The maximum absolute atomic E-state index is 12.7. The zero-order valence-electron chi connectivity index (χ0n) is 14.5. The molecule has 2 rings (SSSR count). The summed E-state index contributed by atoms with van der Waals surface area (Å²) < 4.78 is 22.6. The second-order valence-electron chi connectivity index (χ2n) is 5.96. The van der Waals surface area contributed by atoms with Crippen molar-refractivity contribution >= 4 is 21.6 Å². The Balaban J connectivity index is 2.27. The number of hydrogen-bond acceptors (Lipinski definition) is 5. The molecule has 0 radical (unpaired) electrons. The topological polar surface area (TPSA) is 124 Å². The van der Waals surface area contributed by atoms with E-state index in [-0.39, 0.29) is 28.1 Å². The number of benzene rings is 2. The van der Waals surface area contributed by atoms with E-state index in [1.165, 1.54) is 35.2 Å². The quantitative estimate of drug-likeness (QED) is 0.633. The van der Waals surface area contributed by atoms with E-state index >= 15 is 0 Å². The van der Waals surface area contributed by atoms with Gasteiger partial charge >= 0.3 is 0 Å². The Morgan fingerprint density at radius 2 is 1.77 bits per heavy atom. The molecule has 2 N–H and O–H groups in total. The summed E-state index contributed by atoms with van der Waals surface area (Å²) in [6.45, 7) is 3.37. The van der Waals surface area contributed by atoms with Crippen LogP contribution in [0.5, 0.6) is 0 Å². The van der Waals surface area contributed by atoms with Gasteiger partial charge < -0.3 is 4.90 Å². The highest BCUT2D eigenvalue weighted by molar-refractivity contribution is 7.89. The zero-order chi connectivity index (χ0) is 19.6. The molecule has 0 aliphatic rings. The number of sulfonamides is 1. The average Bonchev–Trinajstić information content (AvgIpc) is 2.59. The first-order valence-electron chi connectivity index (χ1n) is 7.67. The molecular formula is C17H19N3O5S. The molecule has 0 saturated carbocycles. The minimum absolute atomic E-state index is 0.0170. The fourth-order valence-corrected chi connectivity index (χ4v) is 2.99. The van der Waals surface area contributed by atoms with Gasteiger partial charge in [0.1, 0.15) is 0 Å². The van der Waals surface area contributed by atoms with Crippen LogP contribution in [0.3, 0.4) is 0 Å². The van der Waals surface area contributed by atoms with Crippen molar-refractivity contribution in [3.8, 4) is 0 Å². The molecule has 0 bridgehead atoms. The third kappa shape index (κ3) is 4.06. The number of nitro groups is 1. The number of carbonyl (C=O) groups excluding carboxylic acids is 1. The summed E-state index contributed by atoms with van der Waals surface area (Å²) in [5, 5.41) is 16.1. The van der Waals surface area contributed by atoms with Crippen molar-refractivity contribution in [2.75, 3.05) is 7.05 Å². The van der Waals surface area contributed by atoms with E-state index in [2.05, 4.69) is 0 Å². The van der Waals surface area contributed by atoms with Gasteiger partial charge in [-0.1, -0.05) is 18.2 Å². The van der Waals surface area contributed by atoms with E-state index in [0.717, 1.165) is 0 Å². The summed E-state index contributed by atoms with van der Waals surface area (Å²) in [6.07, 6.45) is 0. The van der Waals surface area contributed by atoms with Crippen molar-refractivity contribution in [3.63, 3.8) is 0 Å². The highest BCUT2D eigenvalue weighted by Gasteiger charge is 2.22. The van der Waals surface area contributed by atoms with E-state index in [1.807, 2.05) is 0 Å². The minimum Gasteiger partial charge on any atom is -0.335 e. The smallest absolute Gasteiger partial charge is 0.273 e. The van der Waals surface area contributed by atoms with Gasteiger partial charge in [-0.25, -0.2) is 13.6 Å². The fraction of sp³-hybridized carbons (Fsp3) is 0.235. The molecule has 0 aromatic heterocycles. The average molecular weight is 377 g/mol. The zero-order valence-corrected chi connectivity index (χ0v) is 15.4. The van der Waals surface area contributed by atoms with Gasteiger partial charge in [-0.05, 0) is 37.6 Å². The van der Waals surface area contributed by atoms with Crippen LogP contribution in [-0.2, 0) is 10.0 Å². The molecule has 1 atom stereocenters. The summed E-state index contributed by atoms with van der Waals surface area (Å²) >= 11 is 0. The summed E-state index contributed by atoms with van der Waals surface area (Å²) in [5.74, 6) is -0.379. The van der Waals surface area contributed by atoms with Gasteiger partial charge in [0.15, 0.2) is 0 Å². The van der Waals surface area contributed by atoms with Gasteiger partial charge in [0.2, 0.25) is 10.0 Å². The monoisotopic (exact) mass is 377 g/mol. The maximum atomic E-state index is 12.7. The molecule has 0 spiro atoms. The summed E-state index contributed by atoms with van der Waals surface area (Å²) in [5.41, 5.74) is 1.27. The van der Waals surface area contributed by atoms with Crippen LogP contribution in [0.1, 0.15) is 34.5 Å². The van der Waals surface area contributed by atoms with E-state index in [0.29, 0.717) is 11.1 Å². The predicted molar refractivity (Wildman–Crippen MR) is 96.2 cm³/mol. The van der Waals surface area contributed by atoms with Gasteiger partial charge in [-0.15, -0.1) is 0 Å². The largest absolute Gasteiger partial charge is 0.335 e. The standard InChI is InChI=1S/C17H19N3O5S/c1-11-4-5-14(10-16(11)20(22)23)17(21)19(3)12(2)13-6-8-15(9-7-13)26(18,24)25/h4-10,12H,1-3H3,(H2,18,24,25). The van der Waals surface area contributed by atoms with E-state index < -0.39 is 14.9 Å². The molecule has 0 fully saturated rings. The number of primary sulfonamides is 1. The van der Waals surface area contributed by atoms with Crippen molar-refractivity contribution in [1.29, 1.82) is 0 Å². The lowest BCUT2D eigenvalue weighted by atomic mass is 10.1. The number of amides is 1. The maximum Gasteiger partial charge on any atom is 0.273 e. The van der Waals surface area contributed by atoms with Gasteiger partial charge in [0.25, 0.3) is 11.6 Å². The number of carbonyl (C=O) groups is 1. The van der Waals surface area contributed by atoms with Crippen LogP contribution in [0.25, 0.3) is 0 Å². The number of nitrogens with zero attached hydrogens (tertiary/aromatic N) is 2. The Hall–Kier alpha value is -2.78. The predicted octanol–water partition coefficient (Wildman–Crippen LogP) is 2.38. The molecular weight excluding hydrogens is 358 g/mol. The Kier molecular flexibility index (Phi) is 5.43. The second kappa shape index (κ2) is 7.22. The molecule has 0 heterocycles. The Bertz CT molecular complexity index is 955. The number of nitro benzene ring substituents is 1. The molecule has 1 unspecified atom stereocenters. The van der Waals surface area contributed by atoms with Crippen LogP contribution in [0.15, 0.2) is 47.4 Å². The number of hydrogen-bond donors (Lipinski definition) is 1. The summed E-state index contributed by atoms with van der Waals surface area (Å²) in [6, 6.07) is 9.84.